The number of aromatic amines is 1. The highest BCUT2D eigenvalue weighted by molar-refractivity contribution is 14.1. The van der Waals surface area contributed by atoms with E-state index in [1.165, 1.54) is 22.8 Å². The van der Waals surface area contributed by atoms with Crippen LogP contribution in [0.4, 0.5) is 0 Å². The van der Waals surface area contributed by atoms with Crippen LogP contribution in [0.2, 0.25) is 0 Å². The minimum Gasteiger partial charge on any atom is -0.317 e. The molecule has 1 saturated carbocycles. The van der Waals surface area contributed by atoms with E-state index in [4.69, 9.17) is 5.14 Å². The molecule has 0 radical (unpaired) electrons. The highest BCUT2D eigenvalue weighted by Gasteiger charge is 2.29. The minimum absolute atomic E-state index is 0.125. The van der Waals surface area contributed by atoms with Crippen molar-refractivity contribution in [2.75, 3.05) is 17.5 Å². The fourth-order valence-corrected chi connectivity index (χ4v) is 7.72. The van der Waals surface area contributed by atoms with Crippen molar-refractivity contribution in [3.05, 3.63) is 47.5 Å². The van der Waals surface area contributed by atoms with Crippen molar-refractivity contribution in [3.8, 4) is 22.5 Å². The molecule has 4 N–H and O–H groups in total. The number of benzene rings is 2. The lowest BCUT2D eigenvalue weighted by molar-refractivity contribution is 0.293. The van der Waals surface area contributed by atoms with E-state index >= 15 is 0 Å². The summed E-state index contributed by atoms with van der Waals surface area (Å²) in [4.78, 5) is 0.125. The number of alkyl halides is 1. The number of rotatable bonds is 7. The van der Waals surface area contributed by atoms with Gasteiger partial charge >= 0.3 is 0 Å². The van der Waals surface area contributed by atoms with Gasteiger partial charge in [-0.15, -0.1) is 10.2 Å². The molecule has 36 heavy (non-hydrogen) atoms. The Morgan fingerprint density at radius 1 is 0.944 bits per heavy atom. The molecule has 1 aromatic heterocycles. The molecule has 2 aliphatic rings. The summed E-state index contributed by atoms with van der Waals surface area (Å²) < 4.78 is 27.3. The van der Waals surface area contributed by atoms with Crippen LogP contribution in [0.1, 0.15) is 55.6 Å². The van der Waals surface area contributed by atoms with Gasteiger partial charge < -0.3 is 5.32 Å². The number of halogens is 1. The molecule has 0 bridgehead atoms. The van der Waals surface area contributed by atoms with Gasteiger partial charge in [0.25, 0.3) is 0 Å². The highest BCUT2D eigenvalue weighted by Crippen LogP contribution is 2.40. The van der Waals surface area contributed by atoms with Crippen molar-refractivity contribution < 1.29 is 8.42 Å². The van der Waals surface area contributed by atoms with Crippen molar-refractivity contribution in [1.82, 2.24) is 25.9 Å². The van der Waals surface area contributed by atoms with Gasteiger partial charge in [-0.2, -0.15) is 5.21 Å². The normalized spacial score (nSPS) is 21.5. The highest BCUT2D eigenvalue weighted by atomic mass is 127. The third-order valence-corrected chi connectivity index (χ3v) is 10.1. The number of primary sulfonamides is 1. The summed E-state index contributed by atoms with van der Waals surface area (Å²) in [5.74, 6) is 2.00. The van der Waals surface area contributed by atoms with Gasteiger partial charge in [-0.25, -0.2) is 13.6 Å². The van der Waals surface area contributed by atoms with E-state index in [9.17, 15) is 8.42 Å². The van der Waals surface area contributed by atoms with E-state index in [1.54, 1.807) is 0 Å². The Hall–Kier alpha value is -1.89. The van der Waals surface area contributed by atoms with Crippen LogP contribution in [0.25, 0.3) is 22.5 Å². The molecule has 10 heteroatoms. The molecule has 2 heterocycles. The second kappa shape index (κ2) is 11.2. The molecule has 0 spiro atoms. The van der Waals surface area contributed by atoms with Crippen LogP contribution in [0.5, 0.6) is 0 Å². The molecule has 0 amide bonds. The molecule has 2 fully saturated rings. The second-order valence-electron chi connectivity index (χ2n) is 10.1. The lowest BCUT2D eigenvalue weighted by Gasteiger charge is -2.28. The van der Waals surface area contributed by atoms with E-state index in [0.717, 1.165) is 61.4 Å². The molecule has 0 unspecified atom stereocenters. The predicted molar refractivity (Wildman–Crippen MR) is 149 cm³/mol. The molecule has 1 saturated heterocycles. The maximum atomic E-state index is 13.0. The summed E-state index contributed by atoms with van der Waals surface area (Å²) in [6, 6.07) is 12.4. The van der Waals surface area contributed by atoms with E-state index < -0.39 is 10.0 Å². The molecule has 1 aliphatic carbocycles. The van der Waals surface area contributed by atoms with Crippen molar-refractivity contribution in [2.45, 2.75) is 55.8 Å². The molecule has 0 atom stereocenters. The summed E-state index contributed by atoms with van der Waals surface area (Å²) in [6.07, 6.45) is 7.52. The quantitative estimate of drug-likeness (QED) is 0.265. The lowest BCUT2D eigenvalue weighted by atomic mass is 9.79. The van der Waals surface area contributed by atoms with Gasteiger partial charge in [-0.1, -0.05) is 59.0 Å². The van der Waals surface area contributed by atoms with Crippen LogP contribution >= 0.6 is 22.6 Å². The van der Waals surface area contributed by atoms with Crippen molar-refractivity contribution in [3.63, 3.8) is 0 Å². The summed E-state index contributed by atoms with van der Waals surface area (Å²) in [5, 5.41) is 23.8. The molecule has 5 rings (SSSR count). The average molecular weight is 621 g/mol. The summed E-state index contributed by atoms with van der Waals surface area (Å²) in [5.41, 5.74) is 4.14. The maximum Gasteiger partial charge on any atom is 0.239 e. The number of H-pyrrole nitrogens is 1. The lowest BCUT2D eigenvalue weighted by Crippen LogP contribution is -2.26. The van der Waals surface area contributed by atoms with Crippen LogP contribution in [-0.4, -0.2) is 46.6 Å². The predicted octanol–water partition coefficient (Wildman–Crippen LogP) is 4.43. The van der Waals surface area contributed by atoms with Crippen molar-refractivity contribution in [2.24, 2.45) is 17.0 Å². The SMILES string of the molecule is NS(=O)(=O)c1c(C[C@H]2CC[C@H](CI)CC2)ccc(-c2ccc(C3CCNCC3)cc2)c1-c1nn[nH]n1. The Bertz CT molecular complexity index is 1270. The van der Waals surface area contributed by atoms with Crippen LogP contribution in [-0.2, 0) is 16.4 Å². The molecule has 3 aromatic rings. The number of nitrogens with zero attached hydrogens (tertiary/aromatic N) is 3. The van der Waals surface area contributed by atoms with E-state index in [1.807, 2.05) is 12.1 Å². The zero-order valence-corrected chi connectivity index (χ0v) is 23.3. The Morgan fingerprint density at radius 3 is 2.25 bits per heavy atom. The van der Waals surface area contributed by atoms with Crippen LogP contribution < -0.4 is 10.5 Å². The number of piperidine rings is 1. The summed E-state index contributed by atoms with van der Waals surface area (Å²) >= 11 is 2.47. The van der Waals surface area contributed by atoms with Gasteiger partial charge in [0.15, 0.2) is 0 Å². The first-order valence-electron chi connectivity index (χ1n) is 12.7. The summed E-state index contributed by atoms with van der Waals surface area (Å²) in [6.45, 7) is 2.07. The largest absolute Gasteiger partial charge is 0.317 e. The van der Waals surface area contributed by atoms with Crippen LogP contribution in [0.3, 0.4) is 0 Å². The Balaban J connectivity index is 1.55. The molecule has 1 aliphatic heterocycles. The smallest absolute Gasteiger partial charge is 0.239 e. The average Bonchev–Trinajstić information content (AvgIpc) is 3.44. The summed E-state index contributed by atoms with van der Waals surface area (Å²) in [7, 11) is -4.04. The van der Waals surface area contributed by atoms with Gasteiger partial charge in [0.2, 0.25) is 15.8 Å². The third kappa shape index (κ3) is 5.66. The number of aromatic nitrogens is 4. The van der Waals surface area contributed by atoms with Crippen LogP contribution in [0.15, 0.2) is 41.3 Å². The van der Waals surface area contributed by atoms with E-state index in [0.29, 0.717) is 23.8 Å². The number of tetrazole rings is 1. The maximum absolute atomic E-state index is 13.0. The monoisotopic (exact) mass is 620 g/mol. The van der Waals surface area contributed by atoms with Crippen molar-refractivity contribution >= 4 is 32.6 Å². The molecule has 8 nitrogen and oxygen atoms in total. The topological polar surface area (TPSA) is 127 Å². The van der Waals surface area contributed by atoms with E-state index in [-0.39, 0.29) is 10.7 Å². The molecular formula is C26H33IN6O2S. The number of sulfonamides is 1. The fraction of sp³-hybridized carbons (Fsp3) is 0.500. The first-order chi connectivity index (χ1) is 17.4. The second-order valence-corrected chi connectivity index (χ2v) is 12.5. The minimum atomic E-state index is -4.04. The van der Waals surface area contributed by atoms with Gasteiger partial charge in [-0.05, 0) is 103 Å². The van der Waals surface area contributed by atoms with Gasteiger partial charge in [0.1, 0.15) is 0 Å². The number of nitrogens with one attached hydrogen (secondary N) is 2. The standard InChI is InChI=1S/C26H33IN6O2S/c27-16-18-3-1-17(2-4-18)15-22-9-10-23(24(25(22)36(28,34)35)26-30-32-33-31-26)21-7-5-19(6-8-21)20-11-13-29-14-12-20/h5-10,17-18,20,29H,1-4,11-16H2,(H2,28,34,35)(H,30,31,32,33)/t17-,18-. The molecule has 2 aromatic carbocycles. The third-order valence-electron chi connectivity index (χ3n) is 7.82. The Labute approximate surface area is 226 Å². The first kappa shape index (κ1) is 25.7. The Morgan fingerprint density at radius 2 is 1.64 bits per heavy atom. The van der Waals surface area contributed by atoms with Gasteiger partial charge in [-0.3, -0.25) is 0 Å². The van der Waals surface area contributed by atoms with E-state index in [2.05, 4.69) is 72.8 Å². The number of nitrogens with two attached hydrogens (primary N) is 1. The fourth-order valence-electron chi connectivity index (χ4n) is 5.83. The zero-order chi connectivity index (χ0) is 25.1. The Kier molecular flexibility index (Phi) is 8.04. The number of hydrogen-bond acceptors (Lipinski definition) is 6. The molecule has 192 valence electrons. The van der Waals surface area contributed by atoms with Gasteiger partial charge in [0, 0.05) is 4.43 Å². The molecular weight excluding hydrogens is 587 g/mol. The van der Waals surface area contributed by atoms with Crippen molar-refractivity contribution in [1.29, 1.82) is 0 Å². The van der Waals surface area contributed by atoms with Crippen LogP contribution in [0, 0.1) is 11.8 Å². The zero-order valence-electron chi connectivity index (χ0n) is 20.3. The van der Waals surface area contributed by atoms with Gasteiger partial charge in [0.05, 0.1) is 10.5 Å². The first-order valence-corrected chi connectivity index (χ1v) is 15.8. The number of hydrogen-bond donors (Lipinski definition) is 3.